The highest BCUT2D eigenvalue weighted by Crippen LogP contribution is 2.38. The first-order chi connectivity index (χ1) is 13.1. The van der Waals surface area contributed by atoms with E-state index in [9.17, 15) is 0 Å². The first-order valence-electron chi connectivity index (χ1n) is 10.9. The Morgan fingerprint density at radius 3 is 2.28 bits per heavy atom. The summed E-state index contributed by atoms with van der Waals surface area (Å²) in [5.74, 6) is 1.81. The molecule has 29 heavy (non-hydrogen) atoms. The fraction of sp³-hybridized carbons (Fsp3) is 0.810. The summed E-state index contributed by atoms with van der Waals surface area (Å²) in [6, 6.07) is 2.47. The molecule has 1 saturated heterocycles. The van der Waals surface area contributed by atoms with Gasteiger partial charge in [0.05, 0.1) is 5.69 Å². The van der Waals surface area contributed by atoms with Crippen LogP contribution in [0.4, 0.5) is 11.8 Å². The van der Waals surface area contributed by atoms with Gasteiger partial charge in [0.2, 0.25) is 5.95 Å². The third-order valence-electron chi connectivity index (χ3n) is 7.08. The molecule has 2 aliphatic carbocycles. The molecule has 1 aliphatic heterocycles. The van der Waals surface area contributed by atoms with E-state index in [0.717, 1.165) is 30.9 Å². The number of nitrogens with two attached hydrogens (primary N) is 2. The molecular formula is C21H38Cl2N6. The highest BCUT2D eigenvalue weighted by molar-refractivity contribution is 5.85. The summed E-state index contributed by atoms with van der Waals surface area (Å²) in [7, 11) is 2.18. The smallest absolute Gasteiger partial charge is 0.222 e. The molecule has 0 atom stereocenters. The average molecular weight is 445 g/mol. The number of rotatable bonds is 5. The molecule has 3 aliphatic rings. The van der Waals surface area contributed by atoms with E-state index in [1.54, 1.807) is 0 Å². The maximum absolute atomic E-state index is 6.07. The average Bonchev–Trinajstić information content (AvgIpc) is 2.66. The molecule has 1 aromatic rings. The fourth-order valence-corrected chi connectivity index (χ4v) is 5.45. The van der Waals surface area contributed by atoms with Gasteiger partial charge in [-0.25, -0.2) is 4.98 Å². The first kappa shape index (κ1) is 24.4. The first-order valence-corrected chi connectivity index (χ1v) is 10.9. The van der Waals surface area contributed by atoms with E-state index in [0.29, 0.717) is 23.4 Å². The Morgan fingerprint density at radius 1 is 1.03 bits per heavy atom. The number of likely N-dealkylation sites (N-methyl/N-ethyl adjacent to an activating group) is 1. The van der Waals surface area contributed by atoms with Gasteiger partial charge in [0, 0.05) is 37.2 Å². The number of likely N-dealkylation sites (tertiary alicyclic amines) is 1. The Hall–Kier alpha value is -0.820. The van der Waals surface area contributed by atoms with Crippen molar-refractivity contribution in [3.05, 3.63) is 11.8 Å². The minimum Gasteiger partial charge on any atom is -0.368 e. The lowest BCUT2D eigenvalue weighted by Crippen LogP contribution is -2.57. The molecule has 0 bridgehead atoms. The van der Waals surface area contributed by atoms with Crippen LogP contribution in [0.25, 0.3) is 0 Å². The second kappa shape index (κ2) is 10.5. The van der Waals surface area contributed by atoms with Gasteiger partial charge in [-0.3, -0.25) is 4.90 Å². The molecule has 2 saturated carbocycles. The molecule has 8 heteroatoms. The van der Waals surface area contributed by atoms with Crippen molar-refractivity contribution in [1.29, 1.82) is 0 Å². The van der Waals surface area contributed by atoms with Gasteiger partial charge < -0.3 is 16.4 Å². The Labute approximate surface area is 188 Å². The topological polar surface area (TPSA) is 84.3 Å². The molecule has 0 radical (unpaired) electrons. The largest absolute Gasteiger partial charge is 0.368 e. The number of aromatic nitrogens is 2. The minimum absolute atomic E-state index is 0. The summed E-state index contributed by atoms with van der Waals surface area (Å²) >= 11 is 0. The quantitative estimate of drug-likeness (QED) is 0.719. The van der Waals surface area contributed by atoms with Crippen molar-refractivity contribution in [2.24, 2.45) is 5.73 Å². The molecule has 6 nitrogen and oxygen atoms in total. The van der Waals surface area contributed by atoms with Crippen LogP contribution in [0.5, 0.6) is 0 Å². The van der Waals surface area contributed by atoms with Gasteiger partial charge in [-0.2, -0.15) is 4.98 Å². The normalized spacial score (nSPS) is 26.6. The molecule has 4 N–H and O–H groups in total. The zero-order valence-corrected chi connectivity index (χ0v) is 19.3. The van der Waals surface area contributed by atoms with Crippen LogP contribution in [-0.2, 0) is 0 Å². The highest BCUT2D eigenvalue weighted by Gasteiger charge is 2.39. The second-order valence-electron chi connectivity index (χ2n) is 9.13. The summed E-state index contributed by atoms with van der Waals surface area (Å²) in [6.45, 7) is 3.54. The molecule has 3 fully saturated rings. The molecular weight excluding hydrogens is 407 g/mol. The lowest BCUT2D eigenvalue weighted by molar-refractivity contribution is 0.0395. The highest BCUT2D eigenvalue weighted by atomic mass is 35.5. The van der Waals surface area contributed by atoms with E-state index >= 15 is 0 Å². The van der Waals surface area contributed by atoms with Gasteiger partial charge in [0.15, 0.2) is 0 Å². The van der Waals surface area contributed by atoms with E-state index in [-0.39, 0.29) is 24.8 Å². The van der Waals surface area contributed by atoms with E-state index in [2.05, 4.69) is 32.9 Å². The minimum atomic E-state index is 0. The standard InChI is InChI=1S/C21H36N6.2ClH/c1-26(19-14-18(24-20(23)25-19)16-12-17(22)13-16)15-21(8-4-2-5-9-21)27-10-6-3-7-11-27;;/h14,16-17H,2-13,15,22H2,1H3,(H2,23,24,25);2*1H. The van der Waals surface area contributed by atoms with E-state index < -0.39 is 0 Å². The van der Waals surface area contributed by atoms with Gasteiger partial charge in [-0.15, -0.1) is 24.8 Å². The Morgan fingerprint density at radius 2 is 1.66 bits per heavy atom. The molecule has 1 aromatic heterocycles. The number of nitrogens with zero attached hydrogens (tertiary/aromatic N) is 4. The van der Waals surface area contributed by atoms with Crippen molar-refractivity contribution in [1.82, 2.24) is 14.9 Å². The number of piperidine rings is 1. The summed E-state index contributed by atoms with van der Waals surface area (Å²) in [5.41, 5.74) is 13.4. The van der Waals surface area contributed by atoms with Gasteiger partial charge in [-0.05, 0) is 51.6 Å². The van der Waals surface area contributed by atoms with E-state index in [1.165, 1.54) is 64.5 Å². The SMILES string of the molecule is CN(CC1(N2CCCCC2)CCCCC1)c1cc(C2CC(N)C2)nc(N)n1.Cl.Cl. The van der Waals surface area contributed by atoms with Crippen molar-refractivity contribution in [3.63, 3.8) is 0 Å². The van der Waals surface area contributed by atoms with Gasteiger partial charge in [-0.1, -0.05) is 25.7 Å². The van der Waals surface area contributed by atoms with E-state index in [1.807, 2.05) is 0 Å². The van der Waals surface area contributed by atoms with Gasteiger partial charge in [0.1, 0.15) is 5.82 Å². The van der Waals surface area contributed by atoms with E-state index in [4.69, 9.17) is 11.5 Å². The molecule has 4 rings (SSSR count). The number of halogens is 2. The summed E-state index contributed by atoms with van der Waals surface area (Å²) < 4.78 is 0. The zero-order chi connectivity index (χ0) is 18.9. The maximum Gasteiger partial charge on any atom is 0.222 e. The number of hydrogen-bond acceptors (Lipinski definition) is 6. The molecule has 0 aromatic carbocycles. The Balaban J connectivity index is 0.00000150. The van der Waals surface area contributed by atoms with Crippen molar-refractivity contribution in [2.45, 2.75) is 81.7 Å². The third kappa shape index (κ3) is 5.46. The van der Waals surface area contributed by atoms with Crippen molar-refractivity contribution >= 4 is 36.6 Å². The maximum atomic E-state index is 6.07. The second-order valence-corrected chi connectivity index (χ2v) is 9.13. The molecule has 2 heterocycles. The summed E-state index contributed by atoms with van der Waals surface area (Å²) in [5, 5.41) is 0. The molecule has 0 unspecified atom stereocenters. The number of nitrogen functional groups attached to an aromatic ring is 1. The number of anilines is 2. The van der Waals surface area contributed by atoms with Crippen LogP contribution in [-0.4, -0.2) is 53.1 Å². The van der Waals surface area contributed by atoms with Crippen LogP contribution in [0.3, 0.4) is 0 Å². The van der Waals surface area contributed by atoms with Crippen LogP contribution >= 0.6 is 24.8 Å². The lowest BCUT2D eigenvalue weighted by Gasteiger charge is -2.50. The molecule has 0 amide bonds. The van der Waals surface area contributed by atoms with Crippen LogP contribution in [0.15, 0.2) is 6.07 Å². The van der Waals surface area contributed by atoms with Crippen molar-refractivity contribution < 1.29 is 0 Å². The predicted octanol–water partition coefficient (Wildman–Crippen LogP) is 3.73. The van der Waals surface area contributed by atoms with Crippen LogP contribution in [0.1, 0.15) is 75.8 Å². The predicted molar refractivity (Wildman–Crippen MR) is 125 cm³/mol. The molecule has 0 spiro atoms. The Bertz CT molecular complexity index is 640. The van der Waals surface area contributed by atoms with Crippen LogP contribution < -0.4 is 16.4 Å². The zero-order valence-electron chi connectivity index (χ0n) is 17.7. The third-order valence-corrected chi connectivity index (χ3v) is 7.08. The Kier molecular flexibility index (Phi) is 8.83. The summed E-state index contributed by atoms with van der Waals surface area (Å²) in [4.78, 5) is 14.2. The summed E-state index contributed by atoms with van der Waals surface area (Å²) in [6.07, 6.45) is 12.8. The van der Waals surface area contributed by atoms with Gasteiger partial charge >= 0.3 is 0 Å². The fourth-order valence-electron chi connectivity index (χ4n) is 5.45. The lowest BCUT2D eigenvalue weighted by atomic mass is 9.78. The monoisotopic (exact) mass is 444 g/mol. The van der Waals surface area contributed by atoms with Crippen LogP contribution in [0.2, 0.25) is 0 Å². The van der Waals surface area contributed by atoms with Crippen molar-refractivity contribution in [2.75, 3.05) is 37.3 Å². The molecule has 166 valence electrons. The van der Waals surface area contributed by atoms with Gasteiger partial charge in [0.25, 0.3) is 0 Å². The van der Waals surface area contributed by atoms with Crippen LogP contribution in [0, 0.1) is 0 Å². The number of hydrogen-bond donors (Lipinski definition) is 2. The van der Waals surface area contributed by atoms with Crippen molar-refractivity contribution in [3.8, 4) is 0 Å².